The summed E-state index contributed by atoms with van der Waals surface area (Å²) in [7, 11) is 0.128. The van der Waals surface area contributed by atoms with Gasteiger partial charge in [0.2, 0.25) is 0 Å². The van der Waals surface area contributed by atoms with Gasteiger partial charge in [-0.05, 0) is 35.8 Å². The molecule has 0 bridgehead atoms. The van der Waals surface area contributed by atoms with E-state index in [4.69, 9.17) is 9.47 Å². The number of hydrogen-bond donors (Lipinski definition) is 0. The van der Waals surface area contributed by atoms with Gasteiger partial charge in [0.25, 0.3) is 0 Å². The number of hydrogen-bond acceptors (Lipinski definition) is 2. The normalized spacial score (nSPS) is 19.9. The second-order valence-corrected chi connectivity index (χ2v) is 12.7. The fourth-order valence-corrected chi connectivity index (χ4v) is 8.40. The van der Waals surface area contributed by atoms with E-state index in [1.54, 1.807) is 7.11 Å². The Bertz CT molecular complexity index is 768. The largest absolute Gasteiger partial charge is 0.497 e. The zero-order valence-corrected chi connectivity index (χ0v) is 18.3. The molecule has 1 aliphatic heterocycles. The lowest BCUT2D eigenvalue weighted by atomic mass is 9.86. The first-order valence-electron chi connectivity index (χ1n) is 10.2. The predicted molar refractivity (Wildman–Crippen MR) is 116 cm³/mol. The van der Waals surface area contributed by atoms with E-state index in [2.05, 4.69) is 70.2 Å². The molecule has 0 spiro atoms. The maximum absolute atomic E-state index is 6.84. The number of benzene rings is 2. The van der Waals surface area contributed by atoms with Gasteiger partial charge in [-0.2, -0.15) is 0 Å². The summed E-state index contributed by atoms with van der Waals surface area (Å²) < 4.78 is 12.2. The van der Waals surface area contributed by atoms with Crippen molar-refractivity contribution in [3.8, 4) is 5.75 Å². The lowest BCUT2D eigenvalue weighted by molar-refractivity contribution is 0.145. The van der Waals surface area contributed by atoms with Gasteiger partial charge in [0.05, 0.1) is 12.5 Å². The molecule has 2 nitrogen and oxygen atoms in total. The second kappa shape index (κ2) is 8.35. The van der Waals surface area contributed by atoms with Gasteiger partial charge in [-0.3, -0.25) is 0 Å². The molecule has 0 saturated carbocycles. The van der Waals surface area contributed by atoms with Crippen molar-refractivity contribution in [2.75, 3.05) is 7.11 Å². The molecule has 0 amide bonds. The quantitative estimate of drug-likeness (QED) is 0.488. The molecular formula is C24H32O2Si. The van der Waals surface area contributed by atoms with Crippen LogP contribution in [-0.4, -0.2) is 15.2 Å². The Morgan fingerprint density at radius 2 is 1.44 bits per heavy atom. The Kier molecular flexibility index (Phi) is 6.10. The highest BCUT2D eigenvalue weighted by Gasteiger charge is 2.45. The highest BCUT2D eigenvalue weighted by Crippen LogP contribution is 2.51. The van der Waals surface area contributed by atoms with E-state index in [1.165, 1.54) is 40.2 Å². The Morgan fingerprint density at radius 1 is 0.852 bits per heavy atom. The van der Waals surface area contributed by atoms with Gasteiger partial charge in [-0.15, -0.1) is 0 Å². The van der Waals surface area contributed by atoms with Crippen molar-refractivity contribution in [3.05, 3.63) is 76.7 Å². The molecule has 1 heterocycles. The zero-order chi connectivity index (χ0) is 19.4. The summed E-state index contributed by atoms with van der Waals surface area (Å²) in [5.41, 5.74) is 4.02. The molecule has 0 fully saturated rings. The third-order valence-corrected chi connectivity index (χ3v) is 12.0. The molecule has 3 rings (SSSR count). The van der Waals surface area contributed by atoms with Crippen molar-refractivity contribution in [3.63, 3.8) is 0 Å². The number of ether oxygens (including phenoxy) is 2. The lowest BCUT2D eigenvalue weighted by Crippen LogP contribution is -2.35. The van der Waals surface area contributed by atoms with Gasteiger partial charge in [0, 0.05) is 5.92 Å². The zero-order valence-electron chi connectivity index (χ0n) is 17.3. The topological polar surface area (TPSA) is 18.5 Å². The first-order valence-corrected chi connectivity index (χ1v) is 12.8. The molecule has 1 aliphatic rings. The van der Waals surface area contributed by atoms with Crippen molar-refractivity contribution >= 4 is 8.07 Å². The van der Waals surface area contributed by atoms with Gasteiger partial charge in [0.1, 0.15) is 19.9 Å². The Hall–Kier alpha value is -2.00. The molecule has 0 aromatic heterocycles. The third kappa shape index (κ3) is 3.57. The van der Waals surface area contributed by atoms with Gasteiger partial charge >= 0.3 is 0 Å². The highest BCUT2D eigenvalue weighted by atomic mass is 28.3. The summed E-state index contributed by atoms with van der Waals surface area (Å²) in [5, 5.41) is 1.35. The van der Waals surface area contributed by atoms with Crippen LogP contribution in [0.15, 0.2) is 65.6 Å². The van der Waals surface area contributed by atoms with Gasteiger partial charge < -0.3 is 9.47 Å². The van der Waals surface area contributed by atoms with Crippen molar-refractivity contribution in [1.82, 2.24) is 0 Å². The lowest BCUT2D eigenvalue weighted by Gasteiger charge is -2.30. The molecule has 0 N–H and O–H groups in total. The summed E-state index contributed by atoms with van der Waals surface area (Å²) in [4.78, 5) is 0. The van der Waals surface area contributed by atoms with E-state index in [9.17, 15) is 0 Å². The minimum atomic E-state index is -1.58. The van der Waals surface area contributed by atoms with Gasteiger partial charge in [-0.25, -0.2) is 0 Å². The first-order chi connectivity index (χ1) is 13.1. The van der Waals surface area contributed by atoms with Crippen molar-refractivity contribution in [2.45, 2.75) is 57.8 Å². The first kappa shape index (κ1) is 19.8. The molecular weight excluding hydrogens is 348 g/mol. The average molecular weight is 381 g/mol. The number of methoxy groups -OCH3 is 1. The summed E-state index contributed by atoms with van der Waals surface area (Å²) in [6.45, 7) is 9.35. The van der Waals surface area contributed by atoms with E-state index >= 15 is 0 Å². The standard InChI is InChI=1S/C24H32O2Si/c1-6-27(7-2,8-3)24-18(4)22(19-12-10-9-11-13-19)23(26-24)20-14-16-21(25-5)17-15-20/h9-17,22-23H,6-8H2,1-5H3/t22-,23-/m0/s1. The monoisotopic (exact) mass is 380 g/mol. The second-order valence-electron chi connectivity index (χ2n) is 7.55. The maximum atomic E-state index is 6.84. The molecule has 0 aliphatic carbocycles. The molecule has 2 aromatic carbocycles. The Labute approximate surface area is 165 Å². The average Bonchev–Trinajstić information content (AvgIpc) is 3.08. The summed E-state index contributed by atoms with van der Waals surface area (Å²) in [5.74, 6) is 1.17. The molecule has 144 valence electrons. The van der Waals surface area contributed by atoms with Crippen LogP contribution >= 0.6 is 0 Å². The molecule has 0 unspecified atom stereocenters. The van der Waals surface area contributed by atoms with Crippen LogP contribution in [0.3, 0.4) is 0 Å². The van der Waals surface area contributed by atoms with Crippen molar-refractivity contribution in [1.29, 1.82) is 0 Å². The molecule has 0 saturated heterocycles. The molecule has 27 heavy (non-hydrogen) atoms. The smallest absolute Gasteiger partial charge is 0.133 e. The van der Waals surface area contributed by atoms with Crippen molar-refractivity contribution < 1.29 is 9.47 Å². The SMILES string of the molecule is CC[Si](CC)(CC)C1=C(C)[C@@H](c2ccccc2)[C@H](c2ccc(OC)cc2)O1. The Morgan fingerprint density at radius 3 is 1.96 bits per heavy atom. The summed E-state index contributed by atoms with van der Waals surface area (Å²) >= 11 is 0. The molecule has 2 aromatic rings. The van der Waals surface area contributed by atoms with Crippen LogP contribution in [0.25, 0.3) is 0 Å². The van der Waals surface area contributed by atoms with Gasteiger partial charge in [0.15, 0.2) is 0 Å². The fourth-order valence-electron chi connectivity index (χ4n) is 4.57. The van der Waals surface area contributed by atoms with Crippen LogP contribution in [0.5, 0.6) is 5.75 Å². The van der Waals surface area contributed by atoms with Crippen LogP contribution in [0, 0.1) is 0 Å². The van der Waals surface area contributed by atoms with Crippen LogP contribution in [0.4, 0.5) is 0 Å². The van der Waals surface area contributed by atoms with Crippen molar-refractivity contribution in [2.24, 2.45) is 0 Å². The minimum absolute atomic E-state index is 0.0461. The summed E-state index contributed by atoms with van der Waals surface area (Å²) in [6.07, 6.45) is 0.0461. The van der Waals surface area contributed by atoms with Crippen LogP contribution in [-0.2, 0) is 4.74 Å². The third-order valence-electron chi connectivity index (χ3n) is 6.49. The molecule has 3 heteroatoms. The van der Waals surface area contributed by atoms with E-state index in [1.807, 2.05) is 12.1 Å². The highest BCUT2D eigenvalue weighted by molar-refractivity contribution is 6.86. The number of rotatable bonds is 7. The summed E-state index contributed by atoms with van der Waals surface area (Å²) in [6, 6.07) is 22.9. The van der Waals surface area contributed by atoms with Crippen LogP contribution < -0.4 is 4.74 Å². The van der Waals surface area contributed by atoms with E-state index in [-0.39, 0.29) is 12.0 Å². The van der Waals surface area contributed by atoms with Crippen LogP contribution in [0.2, 0.25) is 18.1 Å². The Balaban J connectivity index is 2.08. The maximum Gasteiger partial charge on any atom is 0.133 e. The van der Waals surface area contributed by atoms with Gasteiger partial charge in [-0.1, -0.05) is 81.4 Å². The van der Waals surface area contributed by atoms with E-state index < -0.39 is 8.07 Å². The minimum Gasteiger partial charge on any atom is -0.497 e. The fraction of sp³-hybridized carbons (Fsp3) is 0.417. The van der Waals surface area contributed by atoms with E-state index in [0.29, 0.717) is 0 Å². The van der Waals surface area contributed by atoms with E-state index in [0.717, 1.165) is 5.75 Å². The van der Waals surface area contributed by atoms with Crippen LogP contribution in [0.1, 0.15) is 50.8 Å². The predicted octanol–water partition coefficient (Wildman–Crippen LogP) is 6.87. The molecule has 0 radical (unpaired) electrons. The molecule has 2 atom stereocenters.